The fourth-order valence-corrected chi connectivity index (χ4v) is 3.26. The summed E-state index contributed by atoms with van der Waals surface area (Å²) in [5.74, 6) is -0.603. The maximum absolute atomic E-state index is 12.4. The van der Waals surface area contributed by atoms with Gasteiger partial charge in [0, 0.05) is 31.0 Å². The first-order valence-electron chi connectivity index (χ1n) is 8.05. The molecule has 3 amide bonds. The molecule has 1 fully saturated rings. The third kappa shape index (κ3) is 4.18. The molecule has 2 aromatic rings. The monoisotopic (exact) mass is 367 g/mol. The highest BCUT2D eigenvalue weighted by molar-refractivity contribution is 8.18. The van der Waals surface area contributed by atoms with Gasteiger partial charge in [0.1, 0.15) is 0 Å². The van der Waals surface area contributed by atoms with Crippen LogP contribution in [0.3, 0.4) is 0 Å². The minimum atomic E-state index is -0.335. The summed E-state index contributed by atoms with van der Waals surface area (Å²) in [7, 11) is 0. The van der Waals surface area contributed by atoms with Crippen LogP contribution < -0.4 is 5.32 Å². The summed E-state index contributed by atoms with van der Waals surface area (Å²) in [6, 6.07) is 10.9. The van der Waals surface area contributed by atoms with Crippen LogP contribution in [-0.4, -0.2) is 40.0 Å². The largest absolute Gasteiger partial charge is 0.350 e. The number of rotatable bonds is 5. The number of hydrogen-bond donors (Lipinski definition) is 1. The number of thioether (sulfide) groups is 1. The molecule has 0 unspecified atom stereocenters. The van der Waals surface area contributed by atoms with Gasteiger partial charge < -0.3 is 5.32 Å². The van der Waals surface area contributed by atoms with E-state index in [4.69, 9.17) is 0 Å². The molecular formula is C19H17N3O3S. The van der Waals surface area contributed by atoms with E-state index in [-0.39, 0.29) is 30.1 Å². The van der Waals surface area contributed by atoms with Gasteiger partial charge >= 0.3 is 0 Å². The first-order valence-corrected chi connectivity index (χ1v) is 8.86. The summed E-state index contributed by atoms with van der Waals surface area (Å²) in [5, 5.41) is 2.37. The number of hydrogen-bond acceptors (Lipinski definition) is 5. The van der Waals surface area contributed by atoms with Crippen molar-refractivity contribution in [2.45, 2.75) is 6.92 Å². The second-order valence-electron chi connectivity index (χ2n) is 5.74. The zero-order chi connectivity index (χ0) is 18.5. The molecule has 7 heteroatoms. The molecular weight excluding hydrogens is 350 g/mol. The lowest BCUT2D eigenvalue weighted by Gasteiger charge is -2.12. The van der Waals surface area contributed by atoms with E-state index in [1.807, 2.05) is 31.2 Å². The number of nitrogens with one attached hydrogen (secondary N) is 1. The predicted molar refractivity (Wildman–Crippen MR) is 100 cm³/mol. The molecule has 0 saturated carbocycles. The Morgan fingerprint density at radius 3 is 2.54 bits per heavy atom. The quantitative estimate of drug-likeness (QED) is 0.822. The van der Waals surface area contributed by atoms with E-state index in [0.717, 1.165) is 27.8 Å². The molecule has 0 atom stereocenters. The number of amides is 3. The Morgan fingerprint density at radius 2 is 1.85 bits per heavy atom. The van der Waals surface area contributed by atoms with Crippen LogP contribution in [0, 0.1) is 6.92 Å². The van der Waals surface area contributed by atoms with Gasteiger partial charge in [-0.05, 0) is 42.5 Å². The maximum Gasteiger partial charge on any atom is 0.293 e. The molecule has 6 nitrogen and oxygen atoms in total. The molecule has 1 aromatic heterocycles. The zero-order valence-electron chi connectivity index (χ0n) is 14.1. The van der Waals surface area contributed by atoms with E-state index in [1.165, 1.54) is 12.4 Å². The van der Waals surface area contributed by atoms with Gasteiger partial charge in [-0.25, -0.2) is 0 Å². The van der Waals surface area contributed by atoms with Crippen LogP contribution in [0.1, 0.15) is 21.5 Å². The Balaban J connectivity index is 1.59. The third-order valence-corrected chi connectivity index (χ3v) is 4.72. The topological polar surface area (TPSA) is 79.4 Å². The van der Waals surface area contributed by atoms with Crippen molar-refractivity contribution in [3.05, 3.63) is 70.4 Å². The van der Waals surface area contributed by atoms with Gasteiger partial charge in [0.25, 0.3) is 17.1 Å². The van der Waals surface area contributed by atoms with E-state index in [9.17, 15) is 14.4 Å². The van der Waals surface area contributed by atoms with Crippen LogP contribution in [0.4, 0.5) is 4.79 Å². The summed E-state index contributed by atoms with van der Waals surface area (Å²) in [4.78, 5) is 41.9. The zero-order valence-corrected chi connectivity index (χ0v) is 15.0. The normalized spacial score (nSPS) is 15.6. The lowest BCUT2D eigenvalue weighted by Crippen LogP contribution is -2.37. The van der Waals surface area contributed by atoms with Gasteiger partial charge in [-0.2, -0.15) is 0 Å². The number of nitrogens with zero attached hydrogens (tertiary/aromatic N) is 2. The van der Waals surface area contributed by atoms with Gasteiger partial charge in [-0.1, -0.05) is 29.8 Å². The summed E-state index contributed by atoms with van der Waals surface area (Å²) in [5.41, 5.74) is 2.47. The lowest BCUT2D eigenvalue weighted by atomic mass is 10.1. The van der Waals surface area contributed by atoms with Gasteiger partial charge in [0.05, 0.1) is 4.91 Å². The maximum atomic E-state index is 12.4. The Labute approximate surface area is 155 Å². The highest BCUT2D eigenvalue weighted by atomic mass is 32.2. The molecule has 1 aliphatic heterocycles. The first-order chi connectivity index (χ1) is 12.5. The van der Waals surface area contributed by atoms with Crippen molar-refractivity contribution >= 4 is 34.9 Å². The van der Waals surface area contributed by atoms with Crippen molar-refractivity contribution in [1.82, 2.24) is 15.2 Å². The van der Waals surface area contributed by atoms with Crippen LogP contribution >= 0.6 is 11.8 Å². The van der Waals surface area contributed by atoms with E-state index in [1.54, 1.807) is 18.2 Å². The fraction of sp³-hybridized carbons (Fsp3) is 0.158. The third-order valence-electron chi connectivity index (χ3n) is 3.81. The van der Waals surface area contributed by atoms with Gasteiger partial charge in [0.2, 0.25) is 0 Å². The smallest absolute Gasteiger partial charge is 0.293 e. The van der Waals surface area contributed by atoms with Crippen molar-refractivity contribution in [1.29, 1.82) is 0 Å². The molecule has 1 N–H and O–H groups in total. The van der Waals surface area contributed by atoms with Crippen LogP contribution in [0.25, 0.3) is 6.08 Å². The number of carbonyl (C=O) groups excluding carboxylic acids is 3. The molecule has 0 spiro atoms. The van der Waals surface area contributed by atoms with Crippen molar-refractivity contribution in [3.63, 3.8) is 0 Å². The fourth-order valence-electron chi connectivity index (χ4n) is 2.39. The Kier molecular flexibility index (Phi) is 5.48. The number of benzene rings is 1. The predicted octanol–water partition coefficient (Wildman–Crippen LogP) is 2.86. The Bertz CT molecular complexity index is 863. The highest BCUT2D eigenvalue weighted by Gasteiger charge is 2.34. The molecule has 1 aromatic carbocycles. The number of aryl methyl sites for hydroxylation is 1. The molecule has 3 rings (SSSR count). The van der Waals surface area contributed by atoms with E-state index >= 15 is 0 Å². The minimum Gasteiger partial charge on any atom is -0.350 e. The average molecular weight is 367 g/mol. The number of carbonyl (C=O) groups is 3. The molecule has 1 aliphatic rings. The molecule has 0 bridgehead atoms. The van der Waals surface area contributed by atoms with Gasteiger partial charge in [-0.3, -0.25) is 24.3 Å². The van der Waals surface area contributed by atoms with Crippen LogP contribution in [0.15, 0.2) is 53.7 Å². The van der Waals surface area contributed by atoms with Crippen LogP contribution in [-0.2, 0) is 4.79 Å². The summed E-state index contributed by atoms with van der Waals surface area (Å²) in [6.45, 7) is 2.31. The van der Waals surface area contributed by atoms with Crippen molar-refractivity contribution in [2.75, 3.05) is 13.1 Å². The minimum absolute atomic E-state index is 0.132. The molecule has 0 radical (unpaired) electrons. The first kappa shape index (κ1) is 17.9. The van der Waals surface area contributed by atoms with E-state index in [0.29, 0.717) is 10.5 Å². The van der Waals surface area contributed by atoms with Crippen LogP contribution in [0.5, 0.6) is 0 Å². The molecule has 26 heavy (non-hydrogen) atoms. The SMILES string of the molecule is Cc1ccc(C=C2SC(=O)N(CCNC(=O)c3ccncc3)C2=O)cc1. The lowest BCUT2D eigenvalue weighted by molar-refractivity contribution is -0.122. The number of pyridine rings is 1. The van der Waals surface area contributed by atoms with Crippen LogP contribution in [0.2, 0.25) is 0 Å². The van der Waals surface area contributed by atoms with Crippen molar-refractivity contribution in [3.8, 4) is 0 Å². The van der Waals surface area contributed by atoms with E-state index in [2.05, 4.69) is 10.3 Å². The molecule has 1 saturated heterocycles. The summed E-state index contributed by atoms with van der Waals surface area (Å²) in [6.07, 6.45) is 4.77. The van der Waals surface area contributed by atoms with Gasteiger partial charge in [0.15, 0.2) is 0 Å². The summed E-state index contributed by atoms with van der Waals surface area (Å²) >= 11 is 0.914. The standard InChI is InChI=1S/C19H17N3O3S/c1-13-2-4-14(5-3-13)12-16-18(24)22(19(25)26-16)11-10-21-17(23)15-6-8-20-9-7-15/h2-9,12H,10-11H2,1H3,(H,21,23). The second kappa shape index (κ2) is 7.97. The molecule has 2 heterocycles. The highest BCUT2D eigenvalue weighted by Crippen LogP contribution is 2.31. The Hall–Kier alpha value is -2.93. The van der Waals surface area contributed by atoms with Crippen molar-refractivity contribution < 1.29 is 14.4 Å². The molecule has 0 aliphatic carbocycles. The van der Waals surface area contributed by atoms with Crippen molar-refractivity contribution in [2.24, 2.45) is 0 Å². The molecule has 132 valence electrons. The van der Waals surface area contributed by atoms with E-state index < -0.39 is 0 Å². The number of aromatic nitrogens is 1. The number of imide groups is 1. The van der Waals surface area contributed by atoms with Gasteiger partial charge in [-0.15, -0.1) is 0 Å². The second-order valence-corrected chi connectivity index (χ2v) is 6.73. The average Bonchev–Trinajstić information content (AvgIpc) is 2.91. The summed E-state index contributed by atoms with van der Waals surface area (Å²) < 4.78 is 0. The Morgan fingerprint density at radius 1 is 1.15 bits per heavy atom.